The van der Waals surface area contributed by atoms with Crippen LogP contribution in [0.15, 0.2) is 18.2 Å². The van der Waals surface area contributed by atoms with Crippen LogP contribution in [0.2, 0.25) is 5.02 Å². The number of anilines is 1. The highest BCUT2D eigenvalue weighted by Crippen LogP contribution is 2.43. The number of nitrogens with two attached hydrogens (primary N) is 1. The maximum atomic E-state index is 12.0. The van der Waals surface area contributed by atoms with Gasteiger partial charge in [-0.15, -0.1) is 0 Å². The van der Waals surface area contributed by atoms with Crippen LogP contribution < -0.4 is 11.1 Å². The van der Waals surface area contributed by atoms with E-state index in [9.17, 15) is 9.59 Å². The minimum absolute atomic E-state index is 0.0719. The zero-order valence-corrected chi connectivity index (χ0v) is 11.7. The highest BCUT2D eigenvalue weighted by molar-refractivity contribution is 6.34. The number of hydrogen-bond donors (Lipinski definition) is 3. The Balaban J connectivity index is 2.02. The van der Waals surface area contributed by atoms with Crippen LogP contribution in [0.1, 0.15) is 36.0 Å². The molecule has 1 aliphatic carbocycles. The Morgan fingerprint density at radius 1 is 1.40 bits per heavy atom. The van der Waals surface area contributed by atoms with Crippen molar-refractivity contribution in [1.29, 1.82) is 0 Å². The molecule has 1 aliphatic rings. The summed E-state index contributed by atoms with van der Waals surface area (Å²) in [7, 11) is 0. The van der Waals surface area contributed by atoms with Gasteiger partial charge in [0.25, 0.3) is 0 Å². The van der Waals surface area contributed by atoms with Gasteiger partial charge in [0.05, 0.1) is 16.3 Å². The number of amides is 1. The van der Waals surface area contributed by atoms with Gasteiger partial charge in [-0.1, -0.05) is 18.0 Å². The Labute approximate surface area is 122 Å². The molecule has 0 unspecified atom stereocenters. The lowest BCUT2D eigenvalue weighted by atomic mass is 9.66. The Kier molecular flexibility index (Phi) is 4.30. The molecule has 1 fully saturated rings. The Hall–Kier alpha value is -1.59. The first-order chi connectivity index (χ1) is 9.46. The van der Waals surface area contributed by atoms with Gasteiger partial charge < -0.3 is 16.2 Å². The van der Waals surface area contributed by atoms with E-state index >= 15 is 0 Å². The molecule has 0 heterocycles. The summed E-state index contributed by atoms with van der Waals surface area (Å²) in [5.41, 5.74) is 6.16. The first-order valence-corrected chi connectivity index (χ1v) is 6.86. The molecule has 20 heavy (non-hydrogen) atoms. The highest BCUT2D eigenvalue weighted by Gasteiger charge is 2.37. The average molecular weight is 297 g/mol. The minimum Gasteiger partial charge on any atom is -0.478 e. The lowest BCUT2D eigenvalue weighted by Crippen LogP contribution is -2.40. The third-order valence-corrected chi connectivity index (χ3v) is 4.19. The molecule has 1 aromatic rings. The largest absolute Gasteiger partial charge is 0.478 e. The number of hydrogen-bond acceptors (Lipinski definition) is 3. The topological polar surface area (TPSA) is 92.4 Å². The fourth-order valence-electron chi connectivity index (χ4n) is 2.41. The molecule has 0 aromatic heterocycles. The predicted octanol–water partition coefficient (Wildman–Crippen LogP) is 2.50. The molecule has 0 spiro atoms. The van der Waals surface area contributed by atoms with Crippen LogP contribution in [0.3, 0.4) is 0 Å². The van der Waals surface area contributed by atoms with Crippen molar-refractivity contribution in [2.75, 3.05) is 11.9 Å². The summed E-state index contributed by atoms with van der Waals surface area (Å²) in [6.45, 7) is 0.506. The van der Waals surface area contributed by atoms with Gasteiger partial charge in [0.15, 0.2) is 0 Å². The summed E-state index contributed by atoms with van der Waals surface area (Å²) in [6, 6.07) is 4.23. The smallest absolute Gasteiger partial charge is 0.335 e. The minimum atomic E-state index is -1.05. The fourth-order valence-corrected chi connectivity index (χ4v) is 2.64. The Morgan fingerprint density at radius 3 is 2.55 bits per heavy atom. The van der Waals surface area contributed by atoms with Crippen LogP contribution >= 0.6 is 11.6 Å². The summed E-state index contributed by atoms with van der Waals surface area (Å²) >= 11 is 5.97. The van der Waals surface area contributed by atoms with Crippen molar-refractivity contribution in [3.05, 3.63) is 28.8 Å². The zero-order chi connectivity index (χ0) is 14.8. The normalized spacial score (nSPS) is 16.3. The number of carboxylic acids is 1. The molecule has 1 aromatic carbocycles. The lowest BCUT2D eigenvalue weighted by molar-refractivity contribution is -0.119. The van der Waals surface area contributed by atoms with Crippen LogP contribution in [-0.4, -0.2) is 23.5 Å². The van der Waals surface area contributed by atoms with E-state index in [0.717, 1.165) is 19.3 Å². The van der Waals surface area contributed by atoms with E-state index in [2.05, 4.69) is 5.32 Å². The second-order valence-electron chi connectivity index (χ2n) is 5.28. The second kappa shape index (κ2) is 5.81. The highest BCUT2D eigenvalue weighted by atomic mass is 35.5. The van der Waals surface area contributed by atoms with Crippen molar-refractivity contribution < 1.29 is 14.7 Å². The van der Waals surface area contributed by atoms with Crippen LogP contribution in [0.5, 0.6) is 0 Å². The van der Waals surface area contributed by atoms with Gasteiger partial charge in [0, 0.05) is 6.42 Å². The molecule has 2 rings (SSSR count). The van der Waals surface area contributed by atoms with Crippen molar-refractivity contribution in [3.63, 3.8) is 0 Å². The number of halogens is 1. The van der Waals surface area contributed by atoms with E-state index < -0.39 is 5.97 Å². The van der Waals surface area contributed by atoms with Crippen molar-refractivity contribution in [1.82, 2.24) is 0 Å². The maximum absolute atomic E-state index is 12.0. The molecule has 0 radical (unpaired) electrons. The molecular weight excluding hydrogens is 280 g/mol. The number of aromatic carboxylic acids is 1. The van der Waals surface area contributed by atoms with Gasteiger partial charge in [-0.05, 0) is 43.0 Å². The van der Waals surface area contributed by atoms with Gasteiger partial charge in [0.1, 0.15) is 0 Å². The third-order valence-electron chi connectivity index (χ3n) is 3.87. The van der Waals surface area contributed by atoms with Crippen molar-refractivity contribution in [2.24, 2.45) is 11.1 Å². The summed E-state index contributed by atoms with van der Waals surface area (Å²) in [5.74, 6) is -1.19. The monoisotopic (exact) mass is 296 g/mol. The van der Waals surface area contributed by atoms with Gasteiger partial charge in [-0.2, -0.15) is 0 Å². The van der Waals surface area contributed by atoms with E-state index in [1.807, 2.05) is 0 Å². The molecule has 5 nitrogen and oxygen atoms in total. The lowest BCUT2D eigenvalue weighted by Gasteiger charge is -2.40. The van der Waals surface area contributed by atoms with E-state index in [0.29, 0.717) is 18.7 Å². The molecule has 0 atom stereocenters. The summed E-state index contributed by atoms with van der Waals surface area (Å²) in [4.78, 5) is 22.8. The molecule has 0 saturated heterocycles. The van der Waals surface area contributed by atoms with E-state index in [4.69, 9.17) is 22.4 Å². The van der Waals surface area contributed by atoms with Crippen molar-refractivity contribution >= 4 is 29.2 Å². The summed E-state index contributed by atoms with van der Waals surface area (Å²) in [5, 5.41) is 11.8. The molecule has 1 saturated carbocycles. The first kappa shape index (κ1) is 14.8. The second-order valence-corrected chi connectivity index (χ2v) is 5.69. The van der Waals surface area contributed by atoms with Gasteiger partial charge in [0.2, 0.25) is 5.91 Å². The Bertz CT molecular complexity index is 536. The standard InChI is InChI=1S/C14H17ClN2O3/c15-10-6-9(13(19)20)2-3-11(10)17-12(18)7-14(8-16)4-1-5-14/h2-3,6H,1,4-5,7-8,16H2,(H,17,18)(H,19,20). The quantitative estimate of drug-likeness (QED) is 0.778. The van der Waals surface area contributed by atoms with Crippen molar-refractivity contribution in [2.45, 2.75) is 25.7 Å². The number of carboxylic acid groups (broad SMARTS) is 1. The maximum Gasteiger partial charge on any atom is 0.335 e. The van der Waals surface area contributed by atoms with Gasteiger partial charge in [-0.25, -0.2) is 4.79 Å². The molecule has 0 bridgehead atoms. The van der Waals surface area contributed by atoms with Crippen LogP contribution in [0.4, 0.5) is 5.69 Å². The van der Waals surface area contributed by atoms with Crippen LogP contribution in [0.25, 0.3) is 0 Å². The number of benzene rings is 1. The first-order valence-electron chi connectivity index (χ1n) is 6.48. The third kappa shape index (κ3) is 3.11. The Morgan fingerprint density at radius 2 is 2.10 bits per heavy atom. The SMILES string of the molecule is NCC1(CC(=O)Nc2ccc(C(=O)O)cc2Cl)CCC1. The van der Waals surface area contributed by atoms with Gasteiger partial charge in [-0.3, -0.25) is 4.79 Å². The number of rotatable bonds is 5. The molecular formula is C14H17ClN2O3. The molecule has 6 heteroatoms. The van der Waals surface area contributed by atoms with E-state index in [1.165, 1.54) is 18.2 Å². The van der Waals surface area contributed by atoms with Crippen molar-refractivity contribution in [3.8, 4) is 0 Å². The number of carbonyl (C=O) groups excluding carboxylic acids is 1. The fraction of sp³-hybridized carbons (Fsp3) is 0.429. The summed E-state index contributed by atoms with van der Waals surface area (Å²) in [6.07, 6.45) is 3.43. The zero-order valence-electron chi connectivity index (χ0n) is 11.0. The molecule has 1 amide bonds. The molecule has 0 aliphatic heterocycles. The molecule has 4 N–H and O–H groups in total. The number of nitrogens with one attached hydrogen (secondary N) is 1. The van der Waals surface area contributed by atoms with E-state index in [-0.39, 0.29) is 21.9 Å². The average Bonchev–Trinajstić information content (AvgIpc) is 2.36. The van der Waals surface area contributed by atoms with Crippen LogP contribution in [0, 0.1) is 5.41 Å². The number of carbonyl (C=O) groups is 2. The van der Waals surface area contributed by atoms with E-state index in [1.54, 1.807) is 0 Å². The van der Waals surface area contributed by atoms with Crippen LogP contribution in [-0.2, 0) is 4.79 Å². The predicted molar refractivity (Wildman–Crippen MR) is 77.0 cm³/mol. The van der Waals surface area contributed by atoms with Gasteiger partial charge >= 0.3 is 5.97 Å². The molecule has 108 valence electrons. The summed E-state index contributed by atoms with van der Waals surface area (Å²) < 4.78 is 0.